The Labute approximate surface area is 128 Å². The van der Waals surface area contributed by atoms with Crippen molar-refractivity contribution in [2.24, 2.45) is 0 Å². The Kier molecular flexibility index (Phi) is 5.28. The number of alkyl halides is 1. The lowest BCUT2D eigenvalue weighted by atomic mass is 10.2. The summed E-state index contributed by atoms with van der Waals surface area (Å²) in [5.41, 5.74) is 1.47. The van der Waals surface area contributed by atoms with Crippen LogP contribution in [0.5, 0.6) is 17.2 Å². The van der Waals surface area contributed by atoms with Crippen molar-refractivity contribution in [1.82, 2.24) is 0 Å². The van der Waals surface area contributed by atoms with Crippen LogP contribution >= 0.6 is 11.6 Å². The minimum absolute atomic E-state index is 0.183. The highest BCUT2D eigenvalue weighted by molar-refractivity contribution is 6.17. The van der Waals surface area contributed by atoms with Gasteiger partial charge in [0.25, 0.3) is 0 Å². The van der Waals surface area contributed by atoms with Crippen LogP contribution in [0.3, 0.4) is 0 Å². The Morgan fingerprint density at radius 1 is 1.05 bits per heavy atom. The second kappa shape index (κ2) is 7.18. The molecule has 0 saturated carbocycles. The number of para-hydroxylation sites is 1. The maximum Gasteiger partial charge on any atom is 0.165 e. The number of hydrogen-bond donors (Lipinski definition) is 0. The van der Waals surface area contributed by atoms with Gasteiger partial charge in [0, 0.05) is 5.56 Å². The van der Waals surface area contributed by atoms with Crippen molar-refractivity contribution in [3.8, 4) is 17.2 Å². The molecule has 0 radical (unpaired) electrons. The lowest BCUT2D eigenvalue weighted by Crippen LogP contribution is -2.01. The van der Waals surface area contributed by atoms with Crippen LogP contribution < -0.4 is 14.2 Å². The summed E-state index contributed by atoms with van der Waals surface area (Å²) in [5.74, 6) is 1.19. The smallest absolute Gasteiger partial charge is 0.165 e. The first-order valence-electron chi connectivity index (χ1n) is 6.36. The van der Waals surface area contributed by atoms with E-state index in [9.17, 15) is 4.39 Å². The van der Waals surface area contributed by atoms with E-state index in [1.807, 2.05) is 6.07 Å². The molecule has 3 nitrogen and oxygen atoms in total. The van der Waals surface area contributed by atoms with Crippen molar-refractivity contribution in [2.75, 3.05) is 14.2 Å². The summed E-state index contributed by atoms with van der Waals surface area (Å²) in [6.07, 6.45) is 0. The summed E-state index contributed by atoms with van der Waals surface area (Å²) >= 11 is 5.79. The number of benzene rings is 2. The number of rotatable bonds is 6. The number of hydrogen-bond acceptors (Lipinski definition) is 3. The summed E-state index contributed by atoms with van der Waals surface area (Å²) in [6, 6.07) is 10.1. The third-order valence-corrected chi connectivity index (χ3v) is 3.31. The van der Waals surface area contributed by atoms with Gasteiger partial charge in [-0.3, -0.25) is 0 Å². The van der Waals surface area contributed by atoms with Gasteiger partial charge in [0.1, 0.15) is 6.61 Å². The highest BCUT2D eigenvalue weighted by atomic mass is 35.5. The average molecular weight is 311 g/mol. The molecule has 0 atom stereocenters. The van der Waals surface area contributed by atoms with Crippen LogP contribution in [0.2, 0.25) is 0 Å². The Bertz CT molecular complexity index is 616. The van der Waals surface area contributed by atoms with Crippen molar-refractivity contribution in [3.05, 3.63) is 53.3 Å². The predicted molar refractivity (Wildman–Crippen MR) is 79.8 cm³/mol. The molecule has 21 heavy (non-hydrogen) atoms. The third kappa shape index (κ3) is 3.58. The van der Waals surface area contributed by atoms with Crippen LogP contribution in [0.15, 0.2) is 36.4 Å². The van der Waals surface area contributed by atoms with Crippen molar-refractivity contribution in [3.63, 3.8) is 0 Å². The van der Waals surface area contributed by atoms with E-state index in [1.54, 1.807) is 38.5 Å². The molecule has 0 unspecified atom stereocenters. The summed E-state index contributed by atoms with van der Waals surface area (Å²) in [5, 5.41) is 0. The summed E-state index contributed by atoms with van der Waals surface area (Å²) < 4.78 is 29.7. The second-order valence-electron chi connectivity index (χ2n) is 4.34. The van der Waals surface area contributed by atoms with Crippen molar-refractivity contribution in [2.45, 2.75) is 12.5 Å². The number of methoxy groups -OCH3 is 2. The predicted octanol–water partition coefficient (Wildman–Crippen LogP) is 4.16. The van der Waals surface area contributed by atoms with Crippen LogP contribution in [0.25, 0.3) is 0 Å². The van der Waals surface area contributed by atoms with E-state index in [0.717, 1.165) is 5.56 Å². The maximum absolute atomic E-state index is 13.8. The molecular formula is C16H16ClFO3. The molecule has 2 rings (SSSR count). The van der Waals surface area contributed by atoms with E-state index < -0.39 is 5.82 Å². The quantitative estimate of drug-likeness (QED) is 0.750. The van der Waals surface area contributed by atoms with Gasteiger partial charge < -0.3 is 14.2 Å². The van der Waals surface area contributed by atoms with Gasteiger partial charge in [-0.1, -0.05) is 18.2 Å². The minimum atomic E-state index is -0.423. The zero-order valence-electron chi connectivity index (χ0n) is 11.9. The SMILES string of the molecule is COc1ccc(COc2c(F)cccc2CCl)cc1OC. The Balaban J connectivity index is 2.17. The van der Waals surface area contributed by atoms with E-state index in [2.05, 4.69) is 0 Å². The Morgan fingerprint density at radius 2 is 1.81 bits per heavy atom. The van der Waals surface area contributed by atoms with E-state index in [-0.39, 0.29) is 18.2 Å². The van der Waals surface area contributed by atoms with Gasteiger partial charge >= 0.3 is 0 Å². The van der Waals surface area contributed by atoms with Gasteiger partial charge in [-0.25, -0.2) is 4.39 Å². The molecule has 0 saturated heterocycles. The normalized spacial score (nSPS) is 10.3. The number of halogens is 2. The molecule has 0 N–H and O–H groups in total. The van der Waals surface area contributed by atoms with E-state index in [4.69, 9.17) is 25.8 Å². The van der Waals surface area contributed by atoms with Gasteiger partial charge in [-0.2, -0.15) is 0 Å². The van der Waals surface area contributed by atoms with Crippen LogP contribution in [-0.2, 0) is 12.5 Å². The first kappa shape index (κ1) is 15.4. The molecular weight excluding hydrogens is 295 g/mol. The number of ether oxygens (including phenoxy) is 3. The average Bonchev–Trinajstić information content (AvgIpc) is 2.53. The standard InChI is InChI=1S/C16H16ClFO3/c1-19-14-7-6-11(8-15(14)20-2)10-21-16-12(9-17)4-3-5-13(16)18/h3-8H,9-10H2,1-2H3. The summed E-state index contributed by atoms with van der Waals surface area (Å²) in [6.45, 7) is 0.213. The van der Waals surface area contributed by atoms with Gasteiger partial charge in [0.2, 0.25) is 0 Å². The monoisotopic (exact) mass is 310 g/mol. The Morgan fingerprint density at radius 3 is 2.48 bits per heavy atom. The van der Waals surface area contributed by atoms with Gasteiger partial charge in [0.05, 0.1) is 20.1 Å². The lowest BCUT2D eigenvalue weighted by Gasteiger charge is -2.13. The fourth-order valence-corrected chi connectivity index (χ4v) is 2.16. The molecule has 2 aromatic rings. The van der Waals surface area contributed by atoms with Gasteiger partial charge in [-0.15, -0.1) is 11.6 Å². The summed E-state index contributed by atoms with van der Waals surface area (Å²) in [7, 11) is 3.13. The van der Waals surface area contributed by atoms with Crippen LogP contribution in [0, 0.1) is 5.82 Å². The third-order valence-electron chi connectivity index (χ3n) is 3.02. The fraction of sp³-hybridized carbons (Fsp3) is 0.250. The molecule has 0 aliphatic heterocycles. The van der Waals surface area contributed by atoms with E-state index in [0.29, 0.717) is 17.1 Å². The minimum Gasteiger partial charge on any atom is -0.493 e. The van der Waals surface area contributed by atoms with Gasteiger partial charge in [-0.05, 0) is 23.8 Å². The molecule has 5 heteroatoms. The summed E-state index contributed by atoms with van der Waals surface area (Å²) in [4.78, 5) is 0. The van der Waals surface area contributed by atoms with Gasteiger partial charge in [0.15, 0.2) is 23.1 Å². The molecule has 0 spiro atoms. The topological polar surface area (TPSA) is 27.7 Å². The largest absolute Gasteiger partial charge is 0.493 e. The van der Waals surface area contributed by atoms with E-state index >= 15 is 0 Å². The Hall–Kier alpha value is -1.94. The van der Waals surface area contributed by atoms with Crippen molar-refractivity contribution in [1.29, 1.82) is 0 Å². The lowest BCUT2D eigenvalue weighted by molar-refractivity contribution is 0.286. The van der Waals surface area contributed by atoms with Crippen LogP contribution in [0.1, 0.15) is 11.1 Å². The van der Waals surface area contributed by atoms with E-state index in [1.165, 1.54) is 6.07 Å². The first-order chi connectivity index (χ1) is 10.2. The molecule has 0 heterocycles. The molecule has 0 bridgehead atoms. The molecule has 0 aliphatic rings. The van der Waals surface area contributed by atoms with Crippen molar-refractivity contribution >= 4 is 11.6 Å². The zero-order chi connectivity index (χ0) is 15.2. The molecule has 0 fully saturated rings. The molecule has 0 aliphatic carbocycles. The van der Waals surface area contributed by atoms with Crippen molar-refractivity contribution < 1.29 is 18.6 Å². The van der Waals surface area contributed by atoms with Crippen LogP contribution in [-0.4, -0.2) is 14.2 Å². The highest BCUT2D eigenvalue weighted by Crippen LogP contribution is 2.29. The zero-order valence-corrected chi connectivity index (χ0v) is 12.6. The fourth-order valence-electron chi connectivity index (χ4n) is 1.95. The first-order valence-corrected chi connectivity index (χ1v) is 6.90. The second-order valence-corrected chi connectivity index (χ2v) is 4.61. The molecule has 0 amide bonds. The van der Waals surface area contributed by atoms with Crippen LogP contribution in [0.4, 0.5) is 4.39 Å². The molecule has 112 valence electrons. The maximum atomic E-state index is 13.8. The highest BCUT2D eigenvalue weighted by Gasteiger charge is 2.10. The molecule has 0 aromatic heterocycles. The molecule has 2 aromatic carbocycles.